The molecule has 0 aromatic carbocycles. The van der Waals surface area contributed by atoms with Gasteiger partial charge in [0.05, 0.1) is 13.2 Å². The lowest BCUT2D eigenvalue weighted by atomic mass is 10.1. The van der Waals surface area contributed by atoms with Crippen molar-refractivity contribution < 1.29 is 20.1 Å². The van der Waals surface area contributed by atoms with Gasteiger partial charge in [-0.3, -0.25) is 0 Å². The predicted octanol–water partition coefficient (Wildman–Crippen LogP) is 2.60. The maximum absolute atomic E-state index is 9.48. The van der Waals surface area contributed by atoms with Gasteiger partial charge >= 0.3 is 0 Å². The first-order valence-corrected chi connectivity index (χ1v) is 7.79. The molecule has 19 heavy (non-hydrogen) atoms. The van der Waals surface area contributed by atoms with Gasteiger partial charge in [-0.2, -0.15) is 0 Å². The molecule has 4 nitrogen and oxygen atoms in total. The van der Waals surface area contributed by atoms with Crippen LogP contribution in [-0.2, 0) is 4.74 Å². The number of aliphatic hydroxyl groups is 3. The second-order valence-corrected chi connectivity index (χ2v) is 5.24. The first kappa shape index (κ1) is 18.8. The Morgan fingerprint density at radius 3 is 1.89 bits per heavy atom. The van der Waals surface area contributed by atoms with Crippen molar-refractivity contribution >= 4 is 0 Å². The van der Waals surface area contributed by atoms with Gasteiger partial charge in [0.15, 0.2) is 6.29 Å². The van der Waals surface area contributed by atoms with Crippen LogP contribution < -0.4 is 0 Å². The Labute approximate surface area is 117 Å². The summed E-state index contributed by atoms with van der Waals surface area (Å²) in [5.74, 6) is 0. The third-order valence-corrected chi connectivity index (χ3v) is 3.25. The summed E-state index contributed by atoms with van der Waals surface area (Å²) in [5.41, 5.74) is 0. The van der Waals surface area contributed by atoms with Crippen molar-refractivity contribution in [1.29, 1.82) is 0 Å². The molecule has 0 spiro atoms. The van der Waals surface area contributed by atoms with Crippen molar-refractivity contribution in [2.45, 2.75) is 83.5 Å². The second-order valence-electron chi connectivity index (χ2n) is 5.24. The SMILES string of the molecule is CCCCCCCCCCCC(O)OCC(O)CO. The van der Waals surface area contributed by atoms with Gasteiger partial charge in [0.2, 0.25) is 0 Å². The minimum atomic E-state index is -0.891. The Hall–Kier alpha value is -0.160. The molecule has 0 saturated heterocycles. The molecule has 0 aromatic rings. The monoisotopic (exact) mass is 276 g/mol. The molecular formula is C15H32O4. The lowest BCUT2D eigenvalue weighted by molar-refractivity contribution is -0.130. The molecule has 2 atom stereocenters. The first-order valence-electron chi connectivity index (χ1n) is 7.79. The highest BCUT2D eigenvalue weighted by Gasteiger charge is 2.07. The summed E-state index contributed by atoms with van der Waals surface area (Å²) >= 11 is 0. The lowest BCUT2D eigenvalue weighted by Crippen LogP contribution is -2.24. The Morgan fingerprint density at radius 2 is 1.37 bits per heavy atom. The van der Waals surface area contributed by atoms with Gasteiger partial charge < -0.3 is 20.1 Å². The summed E-state index contributed by atoms with van der Waals surface area (Å²) in [6.07, 6.45) is 10.1. The van der Waals surface area contributed by atoms with Gasteiger partial charge in [0.1, 0.15) is 6.10 Å². The topological polar surface area (TPSA) is 69.9 Å². The zero-order chi connectivity index (χ0) is 14.3. The summed E-state index contributed by atoms with van der Waals surface area (Å²) in [6.45, 7) is 1.90. The highest BCUT2D eigenvalue weighted by molar-refractivity contribution is 4.52. The van der Waals surface area contributed by atoms with Gasteiger partial charge in [-0.05, 0) is 12.8 Å². The minimum Gasteiger partial charge on any atom is -0.394 e. The minimum absolute atomic E-state index is 0.00487. The van der Waals surface area contributed by atoms with E-state index in [9.17, 15) is 5.11 Å². The van der Waals surface area contributed by atoms with E-state index in [1.54, 1.807) is 0 Å². The number of hydrogen-bond acceptors (Lipinski definition) is 4. The maximum Gasteiger partial charge on any atom is 0.154 e. The van der Waals surface area contributed by atoms with Crippen LogP contribution in [0.1, 0.15) is 71.1 Å². The fourth-order valence-corrected chi connectivity index (χ4v) is 1.99. The van der Waals surface area contributed by atoms with Crippen molar-refractivity contribution in [3.63, 3.8) is 0 Å². The Balaban J connectivity index is 3.16. The standard InChI is InChI=1S/C15H32O4/c1-2-3-4-5-6-7-8-9-10-11-15(18)19-13-14(17)12-16/h14-18H,2-13H2,1H3. The molecule has 0 bridgehead atoms. The second kappa shape index (κ2) is 14.3. The molecule has 0 saturated carbocycles. The number of hydrogen-bond donors (Lipinski definition) is 3. The summed E-state index contributed by atoms with van der Waals surface area (Å²) < 4.78 is 5.01. The number of rotatable bonds is 14. The molecular weight excluding hydrogens is 244 g/mol. The maximum atomic E-state index is 9.48. The number of ether oxygens (including phenoxy) is 1. The van der Waals surface area contributed by atoms with Crippen LogP contribution in [0.2, 0.25) is 0 Å². The molecule has 116 valence electrons. The van der Waals surface area contributed by atoms with E-state index in [1.165, 1.54) is 44.9 Å². The summed E-state index contributed by atoms with van der Waals surface area (Å²) in [5, 5.41) is 27.1. The van der Waals surface area contributed by atoms with E-state index in [1.807, 2.05) is 0 Å². The molecule has 0 radical (unpaired) electrons. The number of unbranched alkanes of at least 4 members (excludes halogenated alkanes) is 8. The molecule has 0 aromatic heterocycles. The van der Waals surface area contributed by atoms with Crippen molar-refractivity contribution in [2.24, 2.45) is 0 Å². The van der Waals surface area contributed by atoms with Crippen LogP contribution in [0.25, 0.3) is 0 Å². The van der Waals surface area contributed by atoms with E-state index in [4.69, 9.17) is 14.9 Å². The van der Waals surface area contributed by atoms with E-state index in [-0.39, 0.29) is 13.2 Å². The van der Waals surface area contributed by atoms with Crippen molar-refractivity contribution in [3.8, 4) is 0 Å². The van der Waals surface area contributed by atoms with Gasteiger partial charge in [-0.25, -0.2) is 0 Å². The van der Waals surface area contributed by atoms with Crippen LogP contribution in [0.3, 0.4) is 0 Å². The molecule has 0 rings (SSSR count). The summed E-state index contributed by atoms with van der Waals surface area (Å²) in [7, 11) is 0. The zero-order valence-corrected chi connectivity index (χ0v) is 12.4. The molecule has 0 amide bonds. The average molecular weight is 276 g/mol. The Kier molecular flexibility index (Phi) is 14.1. The molecule has 0 aliphatic carbocycles. The van der Waals surface area contributed by atoms with Crippen molar-refractivity contribution in [1.82, 2.24) is 0 Å². The molecule has 3 N–H and O–H groups in total. The predicted molar refractivity (Wildman–Crippen MR) is 76.9 cm³/mol. The van der Waals surface area contributed by atoms with Crippen LogP contribution in [0, 0.1) is 0 Å². The van der Waals surface area contributed by atoms with Crippen LogP contribution in [-0.4, -0.2) is 40.9 Å². The molecule has 0 fully saturated rings. The molecule has 0 aliphatic rings. The fraction of sp³-hybridized carbons (Fsp3) is 1.00. The quantitative estimate of drug-likeness (QED) is 0.337. The fourth-order valence-electron chi connectivity index (χ4n) is 1.99. The third kappa shape index (κ3) is 14.1. The zero-order valence-electron chi connectivity index (χ0n) is 12.4. The molecule has 4 heteroatoms. The van der Waals surface area contributed by atoms with Crippen molar-refractivity contribution in [3.05, 3.63) is 0 Å². The molecule has 0 aliphatic heterocycles. The van der Waals surface area contributed by atoms with E-state index in [0.29, 0.717) is 6.42 Å². The highest BCUT2D eigenvalue weighted by atomic mass is 16.6. The largest absolute Gasteiger partial charge is 0.394 e. The van der Waals surface area contributed by atoms with Crippen LogP contribution >= 0.6 is 0 Å². The summed E-state index contributed by atoms with van der Waals surface area (Å²) in [4.78, 5) is 0. The van der Waals surface area contributed by atoms with Crippen LogP contribution in [0.4, 0.5) is 0 Å². The van der Waals surface area contributed by atoms with Crippen molar-refractivity contribution in [2.75, 3.05) is 13.2 Å². The normalized spacial score (nSPS) is 14.5. The van der Waals surface area contributed by atoms with Crippen LogP contribution in [0.5, 0.6) is 0 Å². The first-order chi connectivity index (χ1) is 9.20. The van der Waals surface area contributed by atoms with Crippen LogP contribution in [0.15, 0.2) is 0 Å². The molecule has 0 heterocycles. The smallest absolute Gasteiger partial charge is 0.154 e. The van der Waals surface area contributed by atoms with Gasteiger partial charge in [-0.15, -0.1) is 0 Å². The Bertz CT molecular complexity index is 176. The van der Waals surface area contributed by atoms with Gasteiger partial charge in [0.25, 0.3) is 0 Å². The lowest BCUT2D eigenvalue weighted by Gasteiger charge is -2.14. The van der Waals surface area contributed by atoms with E-state index >= 15 is 0 Å². The summed E-state index contributed by atoms with van der Waals surface area (Å²) in [6, 6.07) is 0. The number of aliphatic hydroxyl groups excluding tert-OH is 3. The Morgan fingerprint density at radius 1 is 0.842 bits per heavy atom. The van der Waals surface area contributed by atoms with E-state index in [2.05, 4.69) is 6.92 Å². The van der Waals surface area contributed by atoms with E-state index < -0.39 is 12.4 Å². The van der Waals surface area contributed by atoms with Gasteiger partial charge in [0, 0.05) is 0 Å². The molecule has 2 unspecified atom stereocenters. The third-order valence-electron chi connectivity index (χ3n) is 3.25. The highest BCUT2D eigenvalue weighted by Crippen LogP contribution is 2.11. The van der Waals surface area contributed by atoms with Gasteiger partial charge in [-0.1, -0.05) is 58.3 Å². The van der Waals surface area contributed by atoms with E-state index in [0.717, 1.165) is 12.8 Å². The average Bonchev–Trinajstić information content (AvgIpc) is 2.42.